The maximum Gasteiger partial charge on any atom is 0.0612 e. The van der Waals surface area contributed by atoms with Crippen LogP contribution in [0.4, 0.5) is 0 Å². The molecule has 0 aromatic heterocycles. The van der Waals surface area contributed by atoms with Gasteiger partial charge in [0.25, 0.3) is 0 Å². The van der Waals surface area contributed by atoms with Crippen molar-refractivity contribution in [2.75, 3.05) is 26.2 Å². The van der Waals surface area contributed by atoms with Gasteiger partial charge in [-0.15, -0.1) is 0 Å². The van der Waals surface area contributed by atoms with Gasteiger partial charge in [0.2, 0.25) is 0 Å². The highest BCUT2D eigenvalue weighted by molar-refractivity contribution is 9.12. The van der Waals surface area contributed by atoms with E-state index in [4.69, 9.17) is 0 Å². The molecule has 2 aromatic carbocycles. The van der Waals surface area contributed by atoms with Crippen molar-refractivity contribution in [3.05, 3.63) is 76.3 Å². The molecule has 0 N–H and O–H groups in total. The molecule has 1 fully saturated rings. The first-order valence-corrected chi connectivity index (χ1v) is 9.06. The van der Waals surface area contributed by atoms with Gasteiger partial charge >= 0.3 is 0 Å². The molecule has 1 aliphatic rings. The Morgan fingerprint density at radius 3 is 2.21 bits per heavy atom. The molecule has 0 saturated carbocycles. The first-order valence-electron chi connectivity index (χ1n) is 8.27. The molecule has 0 bridgehead atoms. The second-order valence-corrected chi connectivity index (χ2v) is 6.82. The van der Waals surface area contributed by atoms with Gasteiger partial charge in [-0.25, -0.2) is 0 Å². The molecular weight excluding hydrogens is 362 g/mol. The van der Waals surface area contributed by atoms with Gasteiger partial charge < -0.3 is 0 Å². The second-order valence-electron chi connectivity index (χ2n) is 5.90. The number of hydrogen-bond donors (Lipinski definition) is 0. The standard InChI is InChI=1S/C20H22BrN3/c21-20(15-18-7-3-1-4-8-18)16-22-24-13-11-23(12-14-24)17-19-9-5-2-6-10-19/h1-10,15-16H,11-14,17H2/b20-15-,22-16?. The third-order valence-electron chi connectivity index (χ3n) is 4.05. The van der Waals surface area contributed by atoms with Gasteiger partial charge in [-0.1, -0.05) is 60.7 Å². The van der Waals surface area contributed by atoms with E-state index in [0.717, 1.165) is 37.2 Å². The number of benzene rings is 2. The van der Waals surface area contributed by atoms with Gasteiger partial charge in [0, 0.05) is 37.2 Å². The molecule has 124 valence electrons. The van der Waals surface area contributed by atoms with E-state index >= 15 is 0 Å². The van der Waals surface area contributed by atoms with Crippen LogP contribution in [0.15, 0.2) is 70.2 Å². The Morgan fingerprint density at radius 2 is 1.54 bits per heavy atom. The Bertz CT molecular complexity index is 675. The molecule has 3 nitrogen and oxygen atoms in total. The molecule has 2 aromatic rings. The van der Waals surface area contributed by atoms with Crippen LogP contribution in [-0.4, -0.2) is 42.3 Å². The zero-order valence-corrected chi connectivity index (χ0v) is 15.3. The Balaban J connectivity index is 1.47. The van der Waals surface area contributed by atoms with Gasteiger partial charge in [-0.3, -0.25) is 9.91 Å². The van der Waals surface area contributed by atoms with E-state index in [-0.39, 0.29) is 0 Å². The van der Waals surface area contributed by atoms with Gasteiger partial charge in [0.05, 0.1) is 6.21 Å². The van der Waals surface area contributed by atoms with Crippen LogP contribution in [0.2, 0.25) is 0 Å². The number of halogens is 1. The van der Waals surface area contributed by atoms with Crippen molar-refractivity contribution in [3.8, 4) is 0 Å². The Labute approximate surface area is 152 Å². The minimum atomic E-state index is 0.967. The van der Waals surface area contributed by atoms with Gasteiger partial charge in [-0.2, -0.15) is 5.10 Å². The fourth-order valence-corrected chi connectivity index (χ4v) is 3.09. The minimum absolute atomic E-state index is 0.967. The van der Waals surface area contributed by atoms with Gasteiger partial charge in [0.15, 0.2) is 0 Å². The predicted octanol–water partition coefficient (Wildman–Crippen LogP) is 4.23. The number of hydrogen-bond acceptors (Lipinski definition) is 3. The highest BCUT2D eigenvalue weighted by atomic mass is 79.9. The molecule has 0 aliphatic carbocycles. The summed E-state index contributed by atoms with van der Waals surface area (Å²) < 4.78 is 0.986. The summed E-state index contributed by atoms with van der Waals surface area (Å²) in [6.07, 6.45) is 3.97. The first-order chi connectivity index (χ1) is 11.8. The van der Waals surface area contributed by atoms with Crippen LogP contribution in [0.3, 0.4) is 0 Å². The summed E-state index contributed by atoms with van der Waals surface area (Å²) in [4.78, 5) is 2.48. The summed E-state index contributed by atoms with van der Waals surface area (Å²) in [5.74, 6) is 0. The molecule has 0 unspecified atom stereocenters. The van der Waals surface area contributed by atoms with Gasteiger partial charge in [0.1, 0.15) is 0 Å². The van der Waals surface area contributed by atoms with Crippen molar-refractivity contribution in [1.29, 1.82) is 0 Å². The lowest BCUT2D eigenvalue weighted by atomic mass is 10.2. The number of piperazine rings is 1. The summed E-state index contributed by atoms with van der Waals surface area (Å²) in [6, 6.07) is 20.9. The summed E-state index contributed by atoms with van der Waals surface area (Å²) in [7, 11) is 0. The smallest absolute Gasteiger partial charge is 0.0612 e. The zero-order chi connectivity index (χ0) is 16.6. The van der Waals surface area contributed by atoms with Crippen LogP contribution in [0.25, 0.3) is 6.08 Å². The van der Waals surface area contributed by atoms with E-state index in [0.29, 0.717) is 0 Å². The summed E-state index contributed by atoms with van der Waals surface area (Å²) in [6.45, 7) is 5.05. The molecule has 0 spiro atoms. The number of nitrogens with zero attached hydrogens (tertiary/aromatic N) is 3. The van der Waals surface area contributed by atoms with E-state index < -0.39 is 0 Å². The topological polar surface area (TPSA) is 18.8 Å². The molecule has 0 atom stereocenters. The average Bonchev–Trinajstić information content (AvgIpc) is 2.63. The van der Waals surface area contributed by atoms with E-state index in [1.807, 2.05) is 24.4 Å². The molecule has 0 radical (unpaired) electrons. The molecular formula is C20H22BrN3. The fourth-order valence-electron chi connectivity index (χ4n) is 2.74. The highest BCUT2D eigenvalue weighted by Crippen LogP contribution is 2.12. The van der Waals surface area contributed by atoms with Crippen LogP contribution in [0.5, 0.6) is 0 Å². The maximum absolute atomic E-state index is 4.59. The van der Waals surface area contributed by atoms with Gasteiger partial charge in [-0.05, 0) is 33.1 Å². The van der Waals surface area contributed by atoms with Crippen molar-refractivity contribution in [1.82, 2.24) is 9.91 Å². The summed E-state index contributed by atoms with van der Waals surface area (Å²) in [5.41, 5.74) is 2.55. The quantitative estimate of drug-likeness (QED) is 0.719. The number of rotatable bonds is 5. The van der Waals surface area contributed by atoms with Crippen LogP contribution >= 0.6 is 15.9 Å². The van der Waals surface area contributed by atoms with E-state index in [1.165, 1.54) is 11.1 Å². The van der Waals surface area contributed by atoms with Crippen LogP contribution in [0, 0.1) is 0 Å². The third-order valence-corrected chi connectivity index (χ3v) is 4.48. The summed E-state index contributed by atoms with van der Waals surface area (Å²) in [5, 5.41) is 6.73. The lowest BCUT2D eigenvalue weighted by Crippen LogP contribution is -2.43. The third kappa shape index (κ3) is 5.32. The maximum atomic E-state index is 4.59. The molecule has 3 rings (SSSR count). The van der Waals surface area contributed by atoms with Crippen molar-refractivity contribution < 1.29 is 0 Å². The van der Waals surface area contributed by atoms with Crippen LogP contribution in [0.1, 0.15) is 11.1 Å². The largest absolute Gasteiger partial charge is 0.295 e. The zero-order valence-electron chi connectivity index (χ0n) is 13.7. The monoisotopic (exact) mass is 383 g/mol. The van der Waals surface area contributed by atoms with Crippen molar-refractivity contribution in [2.24, 2.45) is 5.10 Å². The molecule has 1 saturated heterocycles. The minimum Gasteiger partial charge on any atom is -0.295 e. The van der Waals surface area contributed by atoms with E-state index in [2.05, 4.69) is 79.5 Å². The van der Waals surface area contributed by atoms with Crippen LogP contribution in [-0.2, 0) is 6.54 Å². The van der Waals surface area contributed by atoms with Crippen molar-refractivity contribution >= 4 is 28.2 Å². The van der Waals surface area contributed by atoms with Crippen molar-refractivity contribution in [2.45, 2.75) is 6.54 Å². The Morgan fingerprint density at radius 1 is 0.917 bits per heavy atom. The first kappa shape index (κ1) is 16.9. The van der Waals surface area contributed by atoms with Crippen molar-refractivity contribution in [3.63, 3.8) is 0 Å². The lowest BCUT2D eigenvalue weighted by Gasteiger charge is -2.33. The molecule has 4 heteroatoms. The second kappa shape index (κ2) is 8.81. The highest BCUT2D eigenvalue weighted by Gasteiger charge is 2.15. The lowest BCUT2D eigenvalue weighted by molar-refractivity contribution is 0.131. The molecule has 1 heterocycles. The number of hydrazone groups is 1. The normalized spacial score (nSPS) is 16.7. The fraction of sp³-hybridized carbons (Fsp3) is 0.250. The van der Waals surface area contributed by atoms with E-state index in [1.54, 1.807) is 0 Å². The molecule has 1 aliphatic heterocycles. The number of allylic oxidation sites excluding steroid dienone is 1. The van der Waals surface area contributed by atoms with Crippen LogP contribution < -0.4 is 0 Å². The predicted molar refractivity (Wildman–Crippen MR) is 105 cm³/mol. The summed E-state index contributed by atoms with van der Waals surface area (Å²) >= 11 is 3.57. The Hall–Kier alpha value is -1.91. The van der Waals surface area contributed by atoms with E-state index in [9.17, 15) is 0 Å². The molecule has 0 amide bonds. The average molecular weight is 384 g/mol. The molecule has 24 heavy (non-hydrogen) atoms. The Kier molecular flexibility index (Phi) is 6.21. The SMILES string of the molecule is Br/C(C=NN1CCN(Cc2ccccc2)CC1)=C\c1ccccc1.